The van der Waals surface area contributed by atoms with Crippen LogP contribution in [-0.4, -0.2) is 23.9 Å². The Morgan fingerprint density at radius 3 is 2.70 bits per heavy atom. The molecule has 2 atom stereocenters. The largest absolute Gasteiger partial charge is 0.339 e. The highest BCUT2D eigenvalue weighted by atomic mass is 16.2. The van der Waals surface area contributed by atoms with Crippen LogP contribution in [0.2, 0.25) is 0 Å². The maximum atomic E-state index is 12.1. The van der Waals surface area contributed by atoms with Crippen LogP contribution >= 0.6 is 0 Å². The summed E-state index contributed by atoms with van der Waals surface area (Å²) < 4.78 is 0. The first-order valence-corrected chi connectivity index (χ1v) is 7.95. The van der Waals surface area contributed by atoms with Crippen LogP contribution in [0.4, 0.5) is 0 Å². The van der Waals surface area contributed by atoms with E-state index in [1.165, 1.54) is 24.8 Å². The quantitative estimate of drug-likeness (QED) is 0.565. The number of carbonyl (C=O) groups is 1. The van der Waals surface area contributed by atoms with E-state index in [9.17, 15) is 4.79 Å². The third-order valence-corrected chi connectivity index (χ3v) is 4.41. The molecular formula is C18H31NO. The third-order valence-electron chi connectivity index (χ3n) is 4.41. The minimum Gasteiger partial charge on any atom is -0.339 e. The van der Waals surface area contributed by atoms with Gasteiger partial charge in [-0.3, -0.25) is 4.79 Å². The molecule has 1 amide bonds. The number of rotatable bonds is 9. The van der Waals surface area contributed by atoms with E-state index in [0.717, 1.165) is 13.0 Å². The Balaban J connectivity index is 2.45. The van der Waals surface area contributed by atoms with E-state index in [4.69, 9.17) is 0 Å². The topological polar surface area (TPSA) is 20.3 Å². The zero-order chi connectivity index (χ0) is 15.2. The minimum atomic E-state index is 0.283. The van der Waals surface area contributed by atoms with Gasteiger partial charge in [0.25, 0.3) is 0 Å². The van der Waals surface area contributed by atoms with Crippen molar-refractivity contribution >= 4 is 5.91 Å². The summed E-state index contributed by atoms with van der Waals surface area (Å²) in [4.78, 5) is 14.1. The summed E-state index contributed by atoms with van der Waals surface area (Å²) in [5.74, 6) is 0.958. The van der Waals surface area contributed by atoms with Crippen molar-refractivity contribution in [1.29, 1.82) is 0 Å². The van der Waals surface area contributed by atoms with Gasteiger partial charge in [0.1, 0.15) is 0 Å². The van der Waals surface area contributed by atoms with Crippen LogP contribution < -0.4 is 0 Å². The first kappa shape index (κ1) is 17.0. The first-order chi connectivity index (χ1) is 9.42. The molecule has 2 heteroatoms. The predicted octanol–water partition coefficient (Wildman–Crippen LogP) is 4.57. The molecule has 0 aromatic carbocycles. The molecule has 0 aromatic rings. The Morgan fingerprint density at radius 1 is 1.45 bits per heavy atom. The average Bonchev–Trinajstić information content (AvgIpc) is 2.99. The van der Waals surface area contributed by atoms with Crippen LogP contribution in [0, 0.1) is 11.3 Å². The fourth-order valence-electron chi connectivity index (χ4n) is 2.86. The monoisotopic (exact) mass is 277 g/mol. The standard InChI is InChI=1S/C18H31NO/c1-6-9-17(20)19(12-7-2)14-16-13-18(16,5)11-8-10-15(3)4/h7,10,16H,2,6,8-9,11-14H2,1,3-5H3. The molecule has 0 N–H and O–H groups in total. The van der Waals surface area contributed by atoms with Gasteiger partial charge in [-0.1, -0.05) is 31.6 Å². The van der Waals surface area contributed by atoms with Crippen LogP contribution in [0.15, 0.2) is 24.3 Å². The van der Waals surface area contributed by atoms with E-state index >= 15 is 0 Å². The Kier molecular flexibility index (Phi) is 6.51. The van der Waals surface area contributed by atoms with Crippen LogP contribution in [0.5, 0.6) is 0 Å². The lowest BCUT2D eigenvalue weighted by Crippen LogP contribution is -2.33. The maximum Gasteiger partial charge on any atom is 0.222 e. The molecule has 20 heavy (non-hydrogen) atoms. The van der Waals surface area contributed by atoms with Crippen LogP contribution in [0.1, 0.15) is 59.8 Å². The van der Waals surface area contributed by atoms with Gasteiger partial charge in [0, 0.05) is 19.5 Å². The predicted molar refractivity (Wildman–Crippen MR) is 86.6 cm³/mol. The summed E-state index contributed by atoms with van der Waals surface area (Å²) in [5.41, 5.74) is 1.84. The average molecular weight is 277 g/mol. The second-order valence-electron chi connectivity index (χ2n) is 6.71. The molecule has 0 aliphatic heterocycles. The van der Waals surface area contributed by atoms with E-state index < -0.39 is 0 Å². The summed E-state index contributed by atoms with van der Waals surface area (Å²) in [6.07, 6.45) is 9.42. The van der Waals surface area contributed by atoms with Gasteiger partial charge >= 0.3 is 0 Å². The molecule has 1 fully saturated rings. The molecule has 1 aliphatic rings. The summed E-state index contributed by atoms with van der Waals surface area (Å²) >= 11 is 0. The molecule has 1 aliphatic carbocycles. The minimum absolute atomic E-state index is 0.283. The summed E-state index contributed by atoms with van der Waals surface area (Å²) in [6.45, 7) is 14.1. The van der Waals surface area contributed by atoms with Gasteiger partial charge in [-0.25, -0.2) is 0 Å². The number of hydrogen-bond acceptors (Lipinski definition) is 1. The van der Waals surface area contributed by atoms with Crippen LogP contribution in [0.3, 0.4) is 0 Å². The van der Waals surface area contributed by atoms with Crippen LogP contribution in [0.25, 0.3) is 0 Å². The fourth-order valence-corrected chi connectivity index (χ4v) is 2.86. The number of hydrogen-bond donors (Lipinski definition) is 0. The van der Waals surface area contributed by atoms with Crippen molar-refractivity contribution in [2.45, 2.75) is 59.8 Å². The van der Waals surface area contributed by atoms with Crippen molar-refractivity contribution in [3.8, 4) is 0 Å². The summed E-state index contributed by atoms with van der Waals surface area (Å²) in [7, 11) is 0. The highest BCUT2D eigenvalue weighted by Crippen LogP contribution is 2.55. The Bertz CT molecular complexity index is 368. The van der Waals surface area contributed by atoms with Gasteiger partial charge < -0.3 is 4.90 Å². The maximum absolute atomic E-state index is 12.1. The van der Waals surface area contributed by atoms with E-state index in [2.05, 4.69) is 40.3 Å². The molecule has 0 heterocycles. The fraction of sp³-hybridized carbons (Fsp3) is 0.722. The molecule has 114 valence electrons. The van der Waals surface area contributed by atoms with Gasteiger partial charge in [0.05, 0.1) is 0 Å². The normalized spacial score (nSPS) is 24.1. The van der Waals surface area contributed by atoms with E-state index in [1.54, 1.807) is 0 Å². The molecular weight excluding hydrogens is 246 g/mol. The zero-order valence-corrected chi connectivity index (χ0v) is 13.7. The van der Waals surface area contributed by atoms with E-state index in [0.29, 0.717) is 24.3 Å². The highest BCUT2D eigenvalue weighted by Gasteiger charge is 2.49. The lowest BCUT2D eigenvalue weighted by atomic mass is 9.98. The molecule has 0 aromatic heterocycles. The van der Waals surface area contributed by atoms with E-state index in [1.807, 2.05) is 11.0 Å². The van der Waals surface area contributed by atoms with Crippen molar-refractivity contribution in [3.05, 3.63) is 24.3 Å². The van der Waals surface area contributed by atoms with Crippen molar-refractivity contribution in [3.63, 3.8) is 0 Å². The first-order valence-electron chi connectivity index (χ1n) is 7.95. The number of carbonyl (C=O) groups excluding carboxylic acids is 1. The summed E-state index contributed by atoms with van der Waals surface area (Å²) in [6, 6.07) is 0. The molecule has 1 rings (SSSR count). The van der Waals surface area contributed by atoms with Crippen molar-refractivity contribution in [2.75, 3.05) is 13.1 Å². The molecule has 2 unspecified atom stereocenters. The molecule has 0 radical (unpaired) electrons. The lowest BCUT2D eigenvalue weighted by molar-refractivity contribution is -0.131. The van der Waals surface area contributed by atoms with Gasteiger partial charge in [-0.2, -0.15) is 0 Å². The Morgan fingerprint density at radius 2 is 2.15 bits per heavy atom. The SMILES string of the molecule is C=CCN(CC1CC1(C)CCC=C(C)C)C(=O)CCC. The van der Waals surface area contributed by atoms with Crippen molar-refractivity contribution < 1.29 is 4.79 Å². The second kappa shape index (κ2) is 7.66. The van der Waals surface area contributed by atoms with Crippen molar-refractivity contribution in [2.24, 2.45) is 11.3 Å². The number of amides is 1. The molecule has 2 nitrogen and oxygen atoms in total. The van der Waals surface area contributed by atoms with Crippen LogP contribution in [-0.2, 0) is 4.79 Å². The summed E-state index contributed by atoms with van der Waals surface area (Å²) in [5, 5.41) is 0. The lowest BCUT2D eigenvalue weighted by Gasteiger charge is -2.22. The van der Waals surface area contributed by atoms with E-state index in [-0.39, 0.29) is 5.91 Å². The van der Waals surface area contributed by atoms with Gasteiger partial charge in [-0.05, 0) is 50.9 Å². The Hall–Kier alpha value is -1.05. The van der Waals surface area contributed by atoms with Gasteiger partial charge in [0.15, 0.2) is 0 Å². The molecule has 0 bridgehead atoms. The van der Waals surface area contributed by atoms with Gasteiger partial charge in [0.2, 0.25) is 5.91 Å². The Labute approximate surface area is 124 Å². The molecule has 1 saturated carbocycles. The number of allylic oxidation sites excluding steroid dienone is 2. The van der Waals surface area contributed by atoms with Crippen molar-refractivity contribution in [1.82, 2.24) is 4.90 Å². The zero-order valence-electron chi connectivity index (χ0n) is 13.7. The third kappa shape index (κ3) is 5.15. The molecule has 0 saturated heterocycles. The second-order valence-corrected chi connectivity index (χ2v) is 6.71. The molecule has 0 spiro atoms. The van der Waals surface area contributed by atoms with Gasteiger partial charge in [-0.15, -0.1) is 6.58 Å². The number of nitrogens with zero attached hydrogens (tertiary/aromatic N) is 1. The highest BCUT2D eigenvalue weighted by molar-refractivity contribution is 5.76. The smallest absolute Gasteiger partial charge is 0.222 e.